The molecule has 3 aromatic heterocycles. The van der Waals surface area contributed by atoms with Crippen molar-refractivity contribution in [2.75, 3.05) is 25.0 Å². The number of carbonyl (C=O) groups excluding carboxylic acids is 1. The van der Waals surface area contributed by atoms with Crippen LogP contribution in [0.15, 0.2) is 53.1 Å². The van der Waals surface area contributed by atoms with Gasteiger partial charge in [-0.05, 0) is 56.1 Å². The molecule has 0 spiro atoms. The van der Waals surface area contributed by atoms with Gasteiger partial charge in [0.2, 0.25) is 5.91 Å². The van der Waals surface area contributed by atoms with E-state index in [4.69, 9.17) is 4.42 Å². The maximum atomic E-state index is 12.5. The van der Waals surface area contributed by atoms with Crippen molar-refractivity contribution < 1.29 is 9.21 Å². The largest absolute Gasteiger partial charge is 0.454 e. The van der Waals surface area contributed by atoms with Crippen LogP contribution < -0.4 is 5.32 Å². The standard InChI is InChI=1S/C22H23N5O2/c1-15-8-10-26(11-9-15)14-22(28)24-20-6-7-21-23-13-17(27(21)25-20)19-12-16-4-2-3-5-18(16)29-19/h2-7,12-13,15H,8-11,14H2,1H3,(H,24,25,28). The third-order valence-electron chi connectivity index (χ3n) is 5.55. The van der Waals surface area contributed by atoms with Gasteiger partial charge in [0.1, 0.15) is 11.3 Å². The molecule has 5 rings (SSSR count). The zero-order valence-electron chi connectivity index (χ0n) is 16.3. The Hall–Kier alpha value is -3.19. The highest BCUT2D eigenvalue weighted by Crippen LogP contribution is 2.28. The molecule has 29 heavy (non-hydrogen) atoms. The van der Waals surface area contributed by atoms with E-state index in [0.29, 0.717) is 23.8 Å². The number of likely N-dealkylation sites (tertiary alicyclic amines) is 1. The number of anilines is 1. The number of amides is 1. The molecule has 1 aliphatic rings. The molecule has 7 nitrogen and oxygen atoms in total. The Kier molecular flexibility index (Phi) is 4.52. The number of imidazole rings is 1. The zero-order valence-corrected chi connectivity index (χ0v) is 16.3. The Labute approximate surface area is 168 Å². The topological polar surface area (TPSA) is 75.7 Å². The highest BCUT2D eigenvalue weighted by molar-refractivity contribution is 5.91. The van der Waals surface area contributed by atoms with Crippen molar-refractivity contribution in [2.45, 2.75) is 19.8 Å². The summed E-state index contributed by atoms with van der Waals surface area (Å²) in [7, 11) is 0. The summed E-state index contributed by atoms with van der Waals surface area (Å²) < 4.78 is 7.66. The van der Waals surface area contributed by atoms with Crippen molar-refractivity contribution in [3.8, 4) is 11.5 Å². The smallest absolute Gasteiger partial charge is 0.239 e. The summed E-state index contributed by atoms with van der Waals surface area (Å²) in [6, 6.07) is 13.5. The van der Waals surface area contributed by atoms with Gasteiger partial charge >= 0.3 is 0 Å². The van der Waals surface area contributed by atoms with Gasteiger partial charge in [-0.15, -0.1) is 5.10 Å². The molecule has 1 aromatic carbocycles. The molecule has 0 atom stereocenters. The Balaban J connectivity index is 1.37. The number of furan rings is 1. The first-order valence-electron chi connectivity index (χ1n) is 10.0. The summed E-state index contributed by atoms with van der Waals surface area (Å²) in [6.07, 6.45) is 4.03. The minimum absolute atomic E-state index is 0.0446. The lowest BCUT2D eigenvalue weighted by atomic mass is 9.99. The van der Waals surface area contributed by atoms with Crippen LogP contribution in [0.5, 0.6) is 0 Å². The van der Waals surface area contributed by atoms with Gasteiger partial charge in [-0.25, -0.2) is 9.50 Å². The third-order valence-corrected chi connectivity index (χ3v) is 5.55. The minimum Gasteiger partial charge on any atom is -0.454 e. The van der Waals surface area contributed by atoms with E-state index in [0.717, 1.165) is 48.5 Å². The van der Waals surface area contributed by atoms with Gasteiger partial charge in [0.25, 0.3) is 0 Å². The fourth-order valence-electron chi connectivity index (χ4n) is 3.82. The molecule has 1 aliphatic heterocycles. The van der Waals surface area contributed by atoms with Crippen molar-refractivity contribution in [3.05, 3.63) is 48.7 Å². The maximum Gasteiger partial charge on any atom is 0.239 e. The molecule has 1 fully saturated rings. The fourth-order valence-corrected chi connectivity index (χ4v) is 3.82. The Bertz CT molecular complexity index is 1140. The van der Waals surface area contributed by atoms with Crippen LogP contribution in [0.4, 0.5) is 5.82 Å². The number of rotatable bonds is 4. The number of hydrogen-bond acceptors (Lipinski definition) is 5. The van der Waals surface area contributed by atoms with Crippen LogP contribution in [-0.2, 0) is 4.79 Å². The van der Waals surface area contributed by atoms with Gasteiger partial charge in [-0.2, -0.15) is 0 Å². The summed E-state index contributed by atoms with van der Waals surface area (Å²) in [5.41, 5.74) is 2.26. The predicted octanol–water partition coefficient (Wildman–Crippen LogP) is 3.81. The average molecular weight is 389 g/mol. The summed E-state index contributed by atoms with van der Waals surface area (Å²) in [4.78, 5) is 19.1. The second kappa shape index (κ2) is 7.33. The Morgan fingerprint density at radius 2 is 2.03 bits per heavy atom. The normalized spacial score (nSPS) is 15.9. The minimum atomic E-state index is -0.0446. The molecular weight excluding hydrogens is 366 g/mol. The van der Waals surface area contributed by atoms with Gasteiger partial charge in [0, 0.05) is 5.39 Å². The molecule has 1 amide bonds. The molecule has 0 bridgehead atoms. The molecule has 1 saturated heterocycles. The molecule has 148 valence electrons. The lowest BCUT2D eigenvalue weighted by Crippen LogP contribution is -2.38. The van der Waals surface area contributed by atoms with Crippen LogP contribution in [0, 0.1) is 5.92 Å². The quantitative estimate of drug-likeness (QED) is 0.574. The lowest BCUT2D eigenvalue weighted by molar-refractivity contribution is -0.117. The molecule has 4 aromatic rings. The van der Waals surface area contributed by atoms with Crippen LogP contribution in [-0.4, -0.2) is 45.0 Å². The van der Waals surface area contributed by atoms with Crippen LogP contribution in [0.2, 0.25) is 0 Å². The monoisotopic (exact) mass is 389 g/mol. The van der Waals surface area contributed by atoms with Gasteiger partial charge < -0.3 is 9.73 Å². The maximum absolute atomic E-state index is 12.5. The van der Waals surface area contributed by atoms with Gasteiger partial charge in [0.15, 0.2) is 17.2 Å². The lowest BCUT2D eigenvalue weighted by Gasteiger charge is -2.29. The number of fused-ring (bicyclic) bond motifs is 2. The highest BCUT2D eigenvalue weighted by Gasteiger charge is 2.18. The van der Waals surface area contributed by atoms with Crippen LogP contribution in [0.1, 0.15) is 19.8 Å². The van der Waals surface area contributed by atoms with Crippen LogP contribution >= 0.6 is 0 Å². The molecule has 1 N–H and O–H groups in total. The highest BCUT2D eigenvalue weighted by atomic mass is 16.3. The molecule has 0 radical (unpaired) electrons. The van der Waals surface area contributed by atoms with Gasteiger partial charge in [-0.1, -0.05) is 25.1 Å². The number of para-hydroxylation sites is 1. The van der Waals surface area contributed by atoms with Crippen molar-refractivity contribution in [1.29, 1.82) is 0 Å². The van der Waals surface area contributed by atoms with E-state index in [2.05, 4.69) is 27.2 Å². The van der Waals surface area contributed by atoms with E-state index in [9.17, 15) is 4.79 Å². The summed E-state index contributed by atoms with van der Waals surface area (Å²) in [6.45, 7) is 4.60. The molecule has 0 saturated carbocycles. The van der Waals surface area contributed by atoms with E-state index in [-0.39, 0.29) is 5.91 Å². The number of hydrogen-bond donors (Lipinski definition) is 1. The van der Waals surface area contributed by atoms with Gasteiger partial charge in [0.05, 0.1) is 12.7 Å². The van der Waals surface area contributed by atoms with E-state index < -0.39 is 0 Å². The van der Waals surface area contributed by atoms with Crippen molar-refractivity contribution in [3.63, 3.8) is 0 Å². The third kappa shape index (κ3) is 3.61. The van der Waals surface area contributed by atoms with Crippen molar-refractivity contribution >= 4 is 28.3 Å². The Morgan fingerprint density at radius 1 is 1.21 bits per heavy atom. The van der Waals surface area contributed by atoms with E-state index >= 15 is 0 Å². The predicted molar refractivity (Wildman–Crippen MR) is 112 cm³/mol. The first-order chi connectivity index (χ1) is 14.2. The number of benzene rings is 1. The first-order valence-corrected chi connectivity index (χ1v) is 10.0. The Morgan fingerprint density at radius 3 is 2.86 bits per heavy atom. The second-order valence-electron chi connectivity index (χ2n) is 7.79. The van der Waals surface area contributed by atoms with Crippen LogP contribution in [0.3, 0.4) is 0 Å². The van der Waals surface area contributed by atoms with Crippen LogP contribution in [0.25, 0.3) is 28.1 Å². The number of piperidine rings is 1. The molecule has 4 heterocycles. The second-order valence-corrected chi connectivity index (χ2v) is 7.79. The average Bonchev–Trinajstić information content (AvgIpc) is 3.33. The number of aromatic nitrogens is 3. The first kappa shape index (κ1) is 17.9. The van der Waals surface area contributed by atoms with E-state index in [1.165, 1.54) is 0 Å². The number of carbonyl (C=O) groups is 1. The van der Waals surface area contributed by atoms with Crippen molar-refractivity contribution in [1.82, 2.24) is 19.5 Å². The number of nitrogens with zero attached hydrogens (tertiary/aromatic N) is 4. The summed E-state index contributed by atoms with van der Waals surface area (Å²) in [5, 5.41) is 8.51. The summed E-state index contributed by atoms with van der Waals surface area (Å²) in [5.74, 6) is 1.90. The summed E-state index contributed by atoms with van der Waals surface area (Å²) >= 11 is 0. The fraction of sp³-hybridized carbons (Fsp3) is 0.318. The molecule has 7 heteroatoms. The van der Waals surface area contributed by atoms with Gasteiger partial charge in [-0.3, -0.25) is 9.69 Å². The SMILES string of the molecule is CC1CCN(CC(=O)Nc2ccc3ncc(-c4cc5ccccc5o4)n3n2)CC1. The van der Waals surface area contributed by atoms with E-state index in [1.54, 1.807) is 16.8 Å². The molecule has 0 aliphatic carbocycles. The van der Waals surface area contributed by atoms with E-state index in [1.807, 2.05) is 36.4 Å². The van der Waals surface area contributed by atoms with Crippen molar-refractivity contribution in [2.24, 2.45) is 5.92 Å². The number of nitrogens with one attached hydrogen (secondary N) is 1. The molecular formula is C22H23N5O2. The molecule has 0 unspecified atom stereocenters. The zero-order chi connectivity index (χ0) is 19.8.